The van der Waals surface area contributed by atoms with Crippen molar-refractivity contribution in [2.45, 2.75) is 37.9 Å². The Labute approximate surface area is 219 Å². The van der Waals surface area contributed by atoms with E-state index >= 15 is 0 Å². The predicted octanol–water partition coefficient (Wildman–Crippen LogP) is 3.74. The molecule has 3 aromatic rings. The van der Waals surface area contributed by atoms with E-state index in [1.807, 2.05) is 30.3 Å². The van der Waals surface area contributed by atoms with Crippen molar-refractivity contribution in [3.05, 3.63) is 95.6 Å². The van der Waals surface area contributed by atoms with Gasteiger partial charge in [0.05, 0.1) is 13.2 Å². The average molecular weight is 519 g/mol. The summed E-state index contributed by atoms with van der Waals surface area (Å²) in [5.74, 6) is -1.28. The summed E-state index contributed by atoms with van der Waals surface area (Å²) >= 11 is 0. The molecule has 2 saturated heterocycles. The van der Waals surface area contributed by atoms with Crippen molar-refractivity contribution < 1.29 is 42.8 Å². The molecule has 0 bridgehead atoms. The van der Waals surface area contributed by atoms with Crippen LogP contribution in [-0.2, 0) is 30.3 Å². The van der Waals surface area contributed by atoms with Gasteiger partial charge in [-0.15, -0.1) is 0 Å². The zero-order valence-electron chi connectivity index (χ0n) is 20.6. The number of ether oxygens (including phenoxy) is 6. The van der Waals surface area contributed by atoms with E-state index in [-0.39, 0.29) is 30.1 Å². The van der Waals surface area contributed by atoms with Gasteiger partial charge >= 0.3 is 17.9 Å². The summed E-state index contributed by atoms with van der Waals surface area (Å²) < 4.78 is 34.0. The predicted molar refractivity (Wildman–Crippen MR) is 133 cm³/mol. The first-order chi connectivity index (χ1) is 18.5. The molecule has 4 atom stereocenters. The number of benzene rings is 3. The van der Waals surface area contributed by atoms with Gasteiger partial charge in [-0.05, 0) is 29.8 Å². The Balaban J connectivity index is 1.20. The van der Waals surface area contributed by atoms with E-state index in [0.717, 1.165) is 5.56 Å². The normalized spacial score (nSPS) is 21.8. The van der Waals surface area contributed by atoms with Crippen LogP contribution in [0.15, 0.2) is 78.9 Å². The van der Waals surface area contributed by atoms with Gasteiger partial charge in [0.2, 0.25) is 0 Å². The maximum Gasteiger partial charge on any atom is 0.342 e. The summed E-state index contributed by atoms with van der Waals surface area (Å²) in [6, 6.07) is 22.8. The zero-order valence-corrected chi connectivity index (χ0v) is 20.6. The third-order valence-corrected chi connectivity index (χ3v) is 6.18. The number of hydrogen-bond acceptors (Lipinski definition) is 9. The highest BCUT2D eigenvalue weighted by atomic mass is 16.7. The van der Waals surface area contributed by atoms with Gasteiger partial charge in [-0.1, -0.05) is 54.6 Å². The van der Waals surface area contributed by atoms with Crippen LogP contribution >= 0.6 is 0 Å². The second-order valence-electron chi connectivity index (χ2n) is 8.84. The van der Waals surface area contributed by atoms with Crippen LogP contribution in [-0.4, -0.2) is 55.5 Å². The van der Waals surface area contributed by atoms with Crippen molar-refractivity contribution in [3.8, 4) is 11.5 Å². The van der Waals surface area contributed by atoms with Crippen LogP contribution in [0.4, 0.5) is 0 Å². The Morgan fingerprint density at radius 3 is 1.79 bits per heavy atom. The molecule has 0 unspecified atom stereocenters. The highest BCUT2D eigenvalue weighted by Crippen LogP contribution is 2.33. The Morgan fingerprint density at radius 1 is 0.711 bits per heavy atom. The molecule has 2 aliphatic heterocycles. The fourth-order valence-corrected chi connectivity index (χ4v) is 4.41. The lowest BCUT2D eigenvalue weighted by atomic mass is 10.1. The number of hydrogen-bond donors (Lipinski definition) is 0. The van der Waals surface area contributed by atoms with Gasteiger partial charge in [0.25, 0.3) is 0 Å². The lowest BCUT2D eigenvalue weighted by molar-refractivity contribution is -0.131. The lowest BCUT2D eigenvalue weighted by Crippen LogP contribution is -2.36. The average Bonchev–Trinajstić information content (AvgIpc) is 3.51. The largest absolute Gasteiger partial charge is 0.488 e. The first-order valence-corrected chi connectivity index (χ1v) is 12.2. The second kappa shape index (κ2) is 11.5. The topological polar surface area (TPSA) is 107 Å². The molecular formula is C29H26O9. The van der Waals surface area contributed by atoms with Crippen LogP contribution in [0, 0.1) is 0 Å². The van der Waals surface area contributed by atoms with E-state index in [4.69, 9.17) is 28.4 Å². The molecule has 5 rings (SSSR count). The zero-order chi connectivity index (χ0) is 26.5. The Kier molecular flexibility index (Phi) is 7.67. The Hall–Kier alpha value is -4.21. The molecule has 9 heteroatoms. The van der Waals surface area contributed by atoms with E-state index in [9.17, 15) is 14.4 Å². The molecule has 0 amide bonds. The molecule has 196 valence electrons. The maximum absolute atomic E-state index is 13.1. The molecule has 2 fully saturated rings. The molecule has 0 aliphatic carbocycles. The van der Waals surface area contributed by atoms with Crippen molar-refractivity contribution in [2.75, 3.05) is 13.2 Å². The van der Waals surface area contributed by atoms with Crippen molar-refractivity contribution >= 4 is 17.9 Å². The van der Waals surface area contributed by atoms with E-state index in [2.05, 4.69) is 0 Å². The van der Waals surface area contributed by atoms with Crippen molar-refractivity contribution in [3.63, 3.8) is 0 Å². The summed E-state index contributed by atoms with van der Waals surface area (Å²) in [6.45, 7) is 1.71. The molecule has 0 saturated carbocycles. The van der Waals surface area contributed by atoms with Crippen molar-refractivity contribution in [2.24, 2.45) is 0 Å². The van der Waals surface area contributed by atoms with Crippen LogP contribution < -0.4 is 9.47 Å². The monoisotopic (exact) mass is 518 g/mol. The number of carbonyl (C=O) groups excluding carboxylic acids is 3. The SMILES string of the molecule is CC(=O)Oc1ccccc1C(=O)O[C@H]1CO[C@H]2[C@@H]1OC[C@H]2OC(=O)c1ccccc1OCc1ccccc1. The minimum absolute atomic E-state index is 0.0711. The number of para-hydroxylation sites is 2. The highest BCUT2D eigenvalue weighted by molar-refractivity contribution is 5.94. The van der Waals surface area contributed by atoms with Crippen LogP contribution in [0.2, 0.25) is 0 Å². The molecule has 0 N–H and O–H groups in total. The van der Waals surface area contributed by atoms with Crippen LogP contribution in [0.5, 0.6) is 11.5 Å². The molecule has 2 aliphatic rings. The smallest absolute Gasteiger partial charge is 0.342 e. The van der Waals surface area contributed by atoms with E-state index in [1.165, 1.54) is 19.1 Å². The maximum atomic E-state index is 13.1. The Morgan fingerprint density at radius 2 is 1.21 bits per heavy atom. The van der Waals surface area contributed by atoms with E-state index in [1.54, 1.807) is 36.4 Å². The fourth-order valence-electron chi connectivity index (χ4n) is 4.41. The number of carbonyl (C=O) groups is 3. The van der Waals surface area contributed by atoms with Crippen LogP contribution in [0.3, 0.4) is 0 Å². The van der Waals surface area contributed by atoms with E-state index < -0.39 is 42.3 Å². The number of rotatable bonds is 8. The molecular weight excluding hydrogens is 492 g/mol. The minimum atomic E-state index is -0.719. The standard InChI is InChI=1S/C29H26O9/c1-18(30)36-23-14-8-6-12-21(23)29(32)38-25-17-35-26-24(16-34-27(25)26)37-28(31)20-11-5-7-13-22(20)33-15-19-9-3-2-4-10-19/h2-14,24-27H,15-17H2,1H3/t24-,25+,26-,27-/m1/s1. The van der Waals surface area contributed by atoms with Gasteiger partial charge in [-0.3, -0.25) is 4.79 Å². The van der Waals surface area contributed by atoms with Gasteiger partial charge in [-0.2, -0.15) is 0 Å². The van der Waals surface area contributed by atoms with Gasteiger partial charge in [-0.25, -0.2) is 9.59 Å². The van der Waals surface area contributed by atoms with Gasteiger partial charge in [0.15, 0.2) is 12.2 Å². The number of fused-ring (bicyclic) bond motifs is 1. The first-order valence-electron chi connectivity index (χ1n) is 12.2. The third-order valence-electron chi connectivity index (χ3n) is 6.18. The molecule has 2 heterocycles. The Bertz CT molecular complexity index is 1310. The van der Waals surface area contributed by atoms with Crippen molar-refractivity contribution in [1.29, 1.82) is 0 Å². The van der Waals surface area contributed by atoms with E-state index in [0.29, 0.717) is 12.4 Å². The van der Waals surface area contributed by atoms with Gasteiger partial charge in [0, 0.05) is 6.92 Å². The second-order valence-corrected chi connectivity index (χ2v) is 8.84. The van der Waals surface area contributed by atoms with Crippen molar-refractivity contribution in [1.82, 2.24) is 0 Å². The summed E-state index contributed by atoms with van der Waals surface area (Å²) in [5, 5.41) is 0. The molecule has 0 radical (unpaired) electrons. The minimum Gasteiger partial charge on any atom is -0.488 e. The summed E-state index contributed by atoms with van der Waals surface area (Å²) in [7, 11) is 0. The van der Waals surface area contributed by atoms with Crippen LogP contribution in [0.25, 0.3) is 0 Å². The summed E-state index contributed by atoms with van der Waals surface area (Å²) in [5.41, 5.74) is 1.37. The third kappa shape index (κ3) is 5.69. The number of esters is 3. The van der Waals surface area contributed by atoms with Crippen LogP contribution in [0.1, 0.15) is 33.2 Å². The summed E-state index contributed by atoms with van der Waals surface area (Å²) in [4.78, 5) is 37.2. The molecule has 0 aromatic heterocycles. The molecule has 0 spiro atoms. The molecule has 38 heavy (non-hydrogen) atoms. The van der Waals surface area contributed by atoms with Gasteiger partial charge < -0.3 is 28.4 Å². The summed E-state index contributed by atoms with van der Waals surface area (Å²) in [6.07, 6.45) is -2.62. The fraction of sp³-hybridized carbons (Fsp3) is 0.276. The highest BCUT2D eigenvalue weighted by Gasteiger charge is 2.51. The quantitative estimate of drug-likeness (QED) is 0.326. The first kappa shape index (κ1) is 25.4. The molecule has 9 nitrogen and oxygen atoms in total. The molecule has 3 aromatic carbocycles. The lowest BCUT2D eigenvalue weighted by Gasteiger charge is -2.18. The van der Waals surface area contributed by atoms with Gasteiger partial charge in [0.1, 0.15) is 41.4 Å².